The van der Waals surface area contributed by atoms with Gasteiger partial charge in [0.05, 0.1) is 17.2 Å². The first-order chi connectivity index (χ1) is 9.61. The van der Waals surface area contributed by atoms with E-state index in [0.29, 0.717) is 11.0 Å². The van der Waals surface area contributed by atoms with Crippen molar-refractivity contribution < 1.29 is 4.39 Å². The third kappa shape index (κ3) is 3.67. The summed E-state index contributed by atoms with van der Waals surface area (Å²) in [7, 11) is 0. The van der Waals surface area contributed by atoms with Gasteiger partial charge in [0.1, 0.15) is 5.82 Å². The van der Waals surface area contributed by atoms with Crippen molar-refractivity contribution in [1.82, 2.24) is 15.1 Å². The molecule has 0 spiro atoms. The SMILES string of the molecule is CCCNC(C)c1cnn(Cc2cccc(F)c2Br)c1. The molecule has 1 aromatic heterocycles. The maximum absolute atomic E-state index is 13.5. The minimum Gasteiger partial charge on any atom is -0.310 e. The van der Waals surface area contributed by atoms with Gasteiger partial charge in [-0.15, -0.1) is 0 Å². The van der Waals surface area contributed by atoms with Crippen LogP contribution in [0.4, 0.5) is 4.39 Å². The number of rotatable bonds is 6. The maximum atomic E-state index is 13.5. The van der Waals surface area contributed by atoms with E-state index in [1.165, 1.54) is 6.07 Å². The van der Waals surface area contributed by atoms with Gasteiger partial charge in [-0.25, -0.2) is 4.39 Å². The van der Waals surface area contributed by atoms with Gasteiger partial charge in [-0.3, -0.25) is 4.68 Å². The van der Waals surface area contributed by atoms with Crippen LogP contribution in [0.1, 0.15) is 37.4 Å². The molecule has 0 saturated heterocycles. The van der Waals surface area contributed by atoms with Gasteiger partial charge in [-0.05, 0) is 47.4 Å². The monoisotopic (exact) mass is 339 g/mol. The average molecular weight is 340 g/mol. The largest absolute Gasteiger partial charge is 0.310 e. The molecule has 0 fully saturated rings. The van der Waals surface area contributed by atoms with Gasteiger partial charge in [0.25, 0.3) is 0 Å². The highest BCUT2D eigenvalue weighted by atomic mass is 79.9. The van der Waals surface area contributed by atoms with Gasteiger partial charge in [0.2, 0.25) is 0 Å². The number of hydrogen-bond acceptors (Lipinski definition) is 2. The highest BCUT2D eigenvalue weighted by Gasteiger charge is 2.09. The van der Waals surface area contributed by atoms with E-state index in [1.807, 2.05) is 23.1 Å². The van der Waals surface area contributed by atoms with E-state index in [0.717, 1.165) is 24.1 Å². The van der Waals surface area contributed by atoms with E-state index in [2.05, 4.69) is 40.2 Å². The zero-order valence-corrected chi connectivity index (χ0v) is 13.3. The van der Waals surface area contributed by atoms with E-state index in [-0.39, 0.29) is 11.9 Å². The van der Waals surface area contributed by atoms with Crippen molar-refractivity contribution in [2.24, 2.45) is 0 Å². The summed E-state index contributed by atoms with van der Waals surface area (Å²) in [5.41, 5.74) is 2.03. The van der Waals surface area contributed by atoms with Gasteiger partial charge in [-0.1, -0.05) is 19.1 Å². The number of nitrogens with one attached hydrogen (secondary N) is 1. The summed E-state index contributed by atoms with van der Waals surface area (Å²) in [4.78, 5) is 0. The molecule has 1 aromatic carbocycles. The zero-order valence-electron chi connectivity index (χ0n) is 11.7. The zero-order chi connectivity index (χ0) is 14.5. The molecular weight excluding hydrogens is 321 g/mol. The Balaban J connectivity index is 2.07. The molecular formula is C15H19BrFN3. The van der Waals surface area contributed by atoms with E-state index in [1.54, 1.807) is 6.07 Å². The van der Waals surface area contributed by atoms with Crippen molar-refractivity contribution in [2.75, 3.05) is 6.54 Å². The molecule has 1 N–H and O–H groups in total. The quantitative estimate of drug-likeness (QED) is 0.865. The lowest BCUT2D eigenvalue weighted by molar-refractivity contribution is 0.569. The molecule has 0 aliphatic heterocycles. The Labute approximate surface area is 127 Å². The molecule has 1 atom stereocenters. The van der Waals surface area contributed by atoms with Crippen LogP contribution in [0.2, 0.25) is 0 Å². The summed E-state index contributed by atoms with van der Waals surface area (Å²) in [6.07, 6.45) is 4.97. The molecule has 1 unspecified atom stereocenters. The molecule has 0 aliphatic rings. The molecule has 0 amide bonds. The Morgan fingerprint density at radius 2 is 2.25 bits per heavy atom. The predicted octanol–water partition coefficient (Wildman–Crippen LogP) is 3.89. The molecule has 0 radical (unpaired) electrons. The minimum atomic E-state index is -0.243. The number of aromatic nitrogens is 2. The van der Waals surface area contributed by atoms with Gasteiger partial charge >= 0.3 is 0 Å². The normalized spacial score (nSPS) is 12.6. The number of hydrogen-bond donors (Lipinski definition) is 1. The lowest BCUT2D eigenvalue weighted by atomic mass is 10.2. The van der Waals surface area contributed by atoms with Crippen LogP contribution in [0.3, 0.4) is 0 Å². The first kappa shape index (κ1) is 15.2. The summed E-state index contributed by atoms with van der Waals surface area (Å²) in [5, 5.41) is 7.77. The molecule has 3 nitrogen and oxygen atoms in total. The van der Waals surface area contributed by atoms with Crippen molar-refractivity contribution in [3.05, 3.63) is 52.0 Å². The number of nitrogens with zero attached hydrogens (tertiary/aromatic N) is 2. The molecule has 108 valence electrons. The van der Waals surface area contributed by atoms with Crippen LogP contribution in [0, 0.1) is 5.82 Å². The second-order valence-corrected chi connectivity index (χ2v) is 5.65. The van der Waals surface area contributed by atoms with Crippen LogP contribution in [0.25, 0.3) is 0 Å². The van der Waals surface area contributed by atoms with Crippen molar-refractivity contribution >= 4 is 15.9 Å². The third-order valence-electron chi connectivity index (χ3n) is 3.22. The van der Waals surface area contributed by atoms with Crippen molar-refractivity contribution in [3.8, 4) is 0 Å². The summed E-state index contributed by atoms with van der Waals surface area (Å²) in [6, 6.07) is 5.33. The second-order valence-electron chi connectivity index (χ2n) is 4.86. The molecule has 20 heavy (non-hydrogen) atoms. The fourth-order valence-electron chi connectivity index (χ4n) is 2.01. The van der Waals surface area contributed by atoms with Crippen LogP contribution in [0.15, 0.2) is 35.1 Å². The summed E-state index contributed by atoms with van der Waals surface area (Å²) in [5.74, 6) is -0.243. The van der Waals surface area contributed by atoms with Crippen LogP contribution in [-0.2, 0) is 6.54 Å². The van der Waals surface area contributed by atoms with Crippen LogP contribution >= 0.6 is 15.9 Å². The molecule has 2 aromatic rings. The lowest BCUT2D eigenvalue weighted by Crippen LogP contribution is -2.18. The Morgan fingerprint density at radius 3 is 3.00 bits per heavy atom. The predicted molar refractivity (Wildman–Crippen MR) is 82.1 cm³/mol. The second kappa shape index (κ2) is 6.99. The van der Waals surface area contributed by atoms with Gasteiger partial charge in [0.15, 0.2) is 0 Å². The van der Waals surface area contributed by atoms with Crippen LogP contribution in [0.5, 0.6) is 0 Å². The smallest absolute Gasteiger partial charge is 0.137 e. The summed E-state index contributed by atoms with van der Waals surface area (Å²) in [6.45, 7) is 5.81. The van der Waals surface area contributed by atoms with Crippen molar-refractivity contribution in [3.63, 3.8) is 0 Å². The molecule has 5 heteroatoms. The molecule has 1 heterocycles. The van der Waals surface area contributed by atoms with Gasteiger partial charge in [0, 0.05) is 17.8 Å². The highest BCUT2D eigenvalue weighted by Crippen LogP contribution is 2.21. The topological polar surface area (TPSA) is 29.9 Å². The van der Waals surface area contributed by atoms with Crippen molar-refractivity contribution in [2.45, 2.75) is 32.9 Å². The van der Waals surface area contributed by atoms with E-state index in [9.17, 15) is 4.39 Å². The first-order valence-electron chi connectivity index (χ1n) is 6.80. The standard InChI is InChI=1S/C15H19BrFN3/c1-3-7-18-11(2)13-8-19-20(10-13)9-12-5-4-6-14(17)15(12)16/h4-6,8,10-11,18H,3,7,9H2,1-2H3. The van der Waals surface area contributed by atoms with Gasteiger partial charge < -0.3 is 5.32 Å². The first-order valence-corrected chi connectivity index (χ1v) is 7.59. The Bertz CT molecular complexity index is 568. The lowest BCUT2D eigenvalue weighted by Gasteiger charge is -2.10. The summed E-state index contributed by atoms with van der Waals surface area (Å²) >= 11 is 3.28. The van der Waals surface area contributed by atoms with Crippen molar-refractivity contribution in [1.29, 1.82) is 0 Å². The highest BCUT2D eigenvalue weighted by molar-refractivity contribution is 9.10. The molecule has 0 aliphatic carbocycles. The Hall–Kier alpha value is -1.20. The van der Waals surface area contributed by atoms with E-state index >= 15 is 0 Å². The van der Waals surface area contributed by atoms with E-state index < -0.39 is 0 Å². The number of halogens is 2. The molecule has 0 saturated carbocycles. The Kier molecular flexibility index (Phi) is 5.31. The molecule has 0 bridgehead atoms. The Morgan fingerprint density at radius 1 is 1.45 bits per heavy atom. The summed E-state index contributed by atoms with van der Waals surface area (Å²) < 4.78 is 15.8. The van der Waals surface area contributed by atoms with Gasteiger partial charge in [-0.2, -0.15) is 5.10 Å². The third-order valence-corrected chi connectivity index (χ3v) is 4.11. The molecule has 2 rings (SSSR count). The average Bonchev–Trinajstić information content (AvgIpc) is 2.90. The maximum Gasteiger partial charge on any atom is 0.137 e. The number of benzene rings is 1. The van der Waals surface area contributed by atoms with Crippen LogP contribution < -0.4 is 5.32 Å². The van der Waals surface area contributed by atoms with Crippen LogP contribution in [-0.4, -0.2) is 16.3 Å². The fourth-order valence-corrected chi connectivity index (χ4v) is 2.40. The fraction of sp³-hybridized carbons (Fsp3) is 0.400. The minimum absolute atomic E-state index is 0.243. The van der Waals surface area contributed by atoms with E-state index in [4.69, 9.17) is 0 Å².